The van der Waals surface area contributed by atoms with Gasteiger partial charge in [-0.3, -0.25) is 0 Å². The van der Waals surface area contributed by atoms with Crippen molar-refractivity contribution in [1.82, 2.24) is 0 Å². The van der Waals surface area contributed by atoms with Gasteiger partial charge < -0.3 is 0 Å². The molecule has 1 aliphatic rings. The fourth-order valence-electron chi connectivity index (χ4n) is 2.65. The van der Waals surface area contributed by atoms with Crippen LogP contribution in [0.3, 0.4) is 0 Å². The first-order chi connectivity index (χ1) is 11.0. The summed E-state index contributed by atoms with van der Waals surface area (Å²) in [4.78, 5) is 0. The molecule has 1 aliphatic heterocycles. The average molecular weight is 509 g/mol. The monoisotopic (exact) mass is 509 g/mol. The Morgan fingerprint density at radius 1 is 1.04 bits per heavy atom. The number of fused-ring (bicyclic) bond motifs is 1. The average Bonchev–Trinajstić information content (AvgIpc) is 2.57. The summed E-state index contributed by atoms with van der Waals surface area (Å²) >= 11 is 1.75. The predicted molar refractivity (Wildman–Crippen MR) is 86.8 cm³/mol. The molecular formula is C19H23AtO3. The molecule has 1 fully saturated rings. The van der Waals surface area contributed by atoms with Gasteiger partial charge in [-0.1, -0.05) is 0 Å². The zero-order chi connectivity index (χ0) is 16.3. The molecule has 3 nitrogen and oxygen atoms in total. The van der Waals surface area contributed by atoms with Crippen molar-refractivity contribution in [3.63, 3.8) is 0 Å². The topological polar surface area (TPSA) is 27.7 Å². The van der Waals surface area contributed by atoms with Gasteiger partial charge in [-0.05, 0) is 0 Å². The summed E-state index contributed by atoms with van der Waals surface area (Å²) < 4.78 is 18.7. The zero-order valence-electron chi connectivity index (χ0n) is 13.7. The van der Waals surface area contributed by atoms with Crippen LogP contribution in [-0.2, 0) is 20.8 Å². The van der Waals surface area contributed by atoms with Crippen LogP contribution in [0.15, 0.2) is 42.5 Å². The Labute approximate surface area is 153 Å². The van der Waals surface area contributed by atoms with Gasteiger partial charge in [-0.15, -0.1) is 0 Å². The van der Waals surface area contributed by atoms with Crippen LogP contribution in [-0.4, -0.2) is 25.6 Å². The van der Waals surface area contributed by atoms with Crippen molar-refractivity contribution in [2.24, 2.45) is 5.41 Å². The Morgan fingerprint density at radius 2 is 1.74 bits per heavy atom. The molecule has 1 heterocycles. The van der Waals surface area contributed by atoms with Gasteiger partial charge in [-0.2, -0.15) is 0 Å². The molecule has 0 saturated carbocycles. The van der Waals surface area contributed by atoms with Gasteiger partial charge in [0.15, 0.2) is 0 Å². The summed E-state index contributed by atoms with van der Waals surface area (Å²) in [7, 11) is 0. The molecule has 4 heteroatoms. The first kappa shape index (κ1) is 17.3. The molecule has 0 amide bonds. The van der Waals surface area contributed by atoms with Crippen LogP contribution >= 0.6 is 0 Å². The summed E-state index contributed by atoms with van der Waals surface area (Å²) in [5.41, 5.74) is 1.20. The van der Waals surface area contributed by atoms with Crippen LogP contribution in [0.4, 0.5) is 0 Å². The normalized spacial score (nSPS) is 19.8. The molecule has 3 rings (SSSR count). The Bertz CT molecular complexity index is 658. The quantitative estimate of drug-likeness (QED) is 0.608. The summed E-state index contributed by atoms with van der Waals surface area (Å²) in [6.45, 7) is 6.64. The van der Waals surface area contributed by atoms with Crippen molar-refractivity contribution < 1.29 is 38.9 Å². The molecule has 1 saturated heterocycles. The van der Waals surface area contributed by atoms with Gasteiger partial charge in [0.05, 0.1) is 0 Å². The Kier molecular flexibility index (Phi) is 5.37. The Morgan fingerprint density at radius 3 is 2.43 bits per heavy atom. The van der Waals surface area contributed by atoms with Gasteiger partial charge >= 0.3 is 153 Å². The van der Waals surface area contributed by atoms with Crippen molar-refractivity contribution in [3.8, 4) is 0 Å². The number of hydrogen-bond acceptors (Lipinski definition) is 3. The van der Waals surface area contributed by atoms with Crippen molar-refractivity contribution in [2.45, 2.75) is 30.4 Å². The third kappa shape index (κ3) is 4.30. The van der Waals surface area contributed by atoms with E-state index in [4.69, 9.17) is 14.2 Å². The van der Waals surface area contributed by atoms with Crippen LogP contribution in [0, 0.1) is 30.1 Å². The van der Waals surface area contributed by atoms with E-state index in [0.29, 0.717) is 26.4 Å². The number of hydrogen-bond donors (Lipinski definition) is 0. The minimum absolute atomic E-state index is 0.0107. The van der Waals surface area contributed by atoms with Crippen LogP contribution in [0.1, 0.15) is 19.4 Å². The second-order valence-electron chi connectivity index (χ2n) is 6.79. The molecule has 0 unspecified atom stereocenters. The standard InChI is InChI=1S/C19H23AtO3/c1-18(2)22-13-19(11-20,14-23-18)12-21-10-15-7-8-16-5-3-4-6-17(16)9-15/h3-9H,10-14H2,1-2H3. The number of ether oxygens (including phenoxy) is 3. The molecule has 124 valence electrons. The van der Waals surface area contributed by atoms with Gasteiger partial charge in [-0.25, -0.2) is 0 Å². The van der Waals surface area contributed by atoms with Crippen molar-refractivity contribution in [1.29, 1.82) is 0 Å². The van der Waals surface area contributed by atoms with E-state index in [9.17, 15) is 0 Å². The Balaban J connectivity index is 1.59. The van der Waals surface area contributed by atoms with E-state index in [2.05, 4.69) is 42.5 Å². The molecule has 0 bridgehead atoms. The Hall–Kier alpha value is -0.537. The van der Waals surface area contributed by atoms with E-state index in [1.54, 1.807) is 24.7 Å². The predicted octanol–water partition coefficient (Wildman–Crippen LogP) is 4.09. The molecule has 2 aromatic carbocycles. The van der Waals surface area contributed by atoms with Crippen LogP contribution in [0.2, 0.25) is 4.13 Å². The molecular weight excluding hydrogens is 486 g/mol. The van der Waals surface area contributed by atoms with Crippen molar-refractivity contribution >= 4 is 10.8 Å². The fraction of sp³-hybridized carbons (Fsp3) is 0.474. The minimum atomic E-state index is -0.469. The van der Waals surface area contributed by atoms with Gasteiger partial charge in [0.2, 0.25) is 0 Å². The maximum absolute atomic E-state index is 6.02. The van der Waals surface area contributed by atoms with E-state index in [1.165, 1.54) is 16.3 Å². The van der Waals surface area contributed by atoms with Crippen LogP contribution in [0.5, 0.6) is 0 Å². The third-order valence-electron chi connectivity index (χ3n) is 4.23. The molecule has 23 heavy (non-hydrogen) atoms. The second kappa shape index (κ2) is 7.15. The summed E-state index contributed by atoms with van der Waals surface area (Å²) in [5, 5.41) is 2.52. The van der Waals surface area contributed by atoms with E-state index in [1.807, 2.05) is 13.8 Å². The van der Waals surface area contributed by atoms with Gasteiger partial charge in [0, 0.05) is 0 Å². The van der Waals surface area contributed by atoms with Gasteiger partial charge in [0.1, 0.15) is 0 Å². The molecule has 0 atom stereocenters. The van der Waals surface area contributed by atoms with Gasteiger partial charge in [0.25, 0.3) is 0 Å². The molecule has 0 aromatic heterocycles. The van der Waals surface area contributed by atoms with Crippen molar-refractivity contribution in [3.05, 3.63) is 48.0 Å². The maximum atomic E-state index is 6.02. The van der Waals surface area contributed by atoms with E-state index < -0.39 is 5.79 Å². The summed E-state index contributed by atoms with van der Waals surface area (Å²) in [5.74, 6) is -0.469. The van der Waals surface area contributed by atoms with Crippen LogP contribution in [0.25, 0.3) is 10.8 Å². The van der Waals surface area contributed by atoms with E-state index >= 15 is 0 Å². The first-order valence-corrected chi connectivity index (χ1v) is 9.99. The summed E-state index contributed by atoms with van der Waals surface area (Å²) in [6.07, 6.45) is 0. The van der Waals surface area contributed by atoms with Crippen molar-refractivity contribution in [2.75, 3.05) is 19.8 Å². The summed E-state index contributed by atoms with van der Waals surface area (Å²) in [6, 6.07) is 14.9. The van der Waals surface area contributed by atoms with E-state index in [-0.39, 0.29) is 5.41 Å². The SMILES string of the molecule is CC1(C)OCC(C[At])(COCc2ccc3ccccc3c2)CO1. The molecule has 0 N–H and O–H groups in total. The molecule has 0 aliphatic carbocycles. The second-order valence-corrected chi connectivity index (χ2v) is 7.82. The number of benzene rings is 2. The molecule has 2 aromatic rings. The number of rotatable bonds is 5. The fourth-order valence-corrected chi connectivity index (χ4v) is 3.55. The molecule has 0 spiro atoms. The first-order valence-electron chi connectivity index (χ1n) is 7.91. The van der Waals surface area contributed by atoms with E-state index in [0.717, 1.165) is 4.13 Å². The molecule has 0 radical (unpaired) electrons. The third-order valence-corrected chi connectivity index (χ3v) is 6.43. The van der Waals surface area contributed by atoms with Crippen LogP contribution < -0.4 is 0 Å². The zero-order valence-corrected chi connectivity index (χ0v) is 16.6.